The largest absolute Gasteiger partial charge is 0.496 e. The van der Waals surface area contributed by atoms with Crippen LogP contribution in [0.4, 0.5) is 0 Å². The predicted molar refractivity (Wildman–Crippen MR) is 74.1 cm³/mol. The molecule has 0 saturated carbocycles. The summed E-state index contributed by atoms with van der Waals surface area (Å²) in [6, 6.07) is 5.44. The molecule has 0 aliphatic heterocycles. The molecule has 0 spiro atoms. The molecule has 108 valence electrons. The Morgan fingerprint density at radius 1 is 1.05 bits per heavy atom. The monoisotopic (exact) mass is 269 g/mol. The maximum absolute atomic E-state index is 5.67. The molecule has 1 unspecified atom stereocenters. The van der Waals surface area contributed by atoms with Gasteiger partial charge in [-0.05, 0) is 6.92 Å². The molecule has 0 aromatic heterocycles. The average Bonchev–Trinajstić information content (AvgIpc) is 2.45. The lowest BCUT2D eigenvalue weighted by molar-refractivity contribution is 0.0526. The van der Waals surface area contributed by atoms with Gasteiger partial charge in [0.1, 0.15) is 17.2 Å². The van der Waals surface area contributed by atoms with Gasteiger partial charge in [-0.1, -0.05) is 0 Å². The smallest absolute Gasteiger partial charge is 0.126 e. The third-order valence-electron chi connectivity index (χ3n) is 2.70. The van der Waals surface area contributed by atoms with Crippen LogP contribution in [0.15, 0.2) is 18.2 Å². The van der Waals surface area contributed by atoms with Crippen LogP contribution in [0.2, 0.25) is 0 Å². The third kappa shape index (κ3) is 5.36. The topological polar surface area (TPSA) is 62.9 Å². The lowest BCUT2D eigenvalue weighted by Gasteiger charge is -2.15. The second kappa shape index (κ2) is 8.61. The Morgan fingerprint density at radius 2 is 1.63 bits per heavy atom. The van der Waals surface area contributed by atoms with Crippen LogP contribution in [-0.4, -0.2) is 40.1 Å². The molecule has 5 nitrogen and oxygen atoms in total. The third-order valence-corrected chi connectivity index (χ3v) is 2.70. The van der Waals surface area contributed by atoms with Gasteiger partial charge in [0.2, 0.25) is 0 Å². The standard InChI is InChI=1S/C14H23NO4/c1-4-18-11(10-15)5-6-19-14-8-12(16-2)7-13(9-14)17-3/h7-9,11H,4-6,10,15H2,1-3H3. The Morgan fingerprint density at radius 3 is 2.11 bits per heavy atom. The fourth-order valence-electron chi connectivity index (χ4n) is 1.68. The van der Waals surface area contributed by atoms with Crippen LogP contribution in [0.5, 0.6) is 17.2 Å². The van der Waals surface area contributed by atoms with Crippen LogP contribution in [-0.2, 0) is 4.74 Å². The molecule has 0 radical (unpaired) electrons. The van der Waals surface area contributed by atoms with Gasteiger partial charge in [-0.25, -0.2) is 0 Å². The average molecular weight is 269 g/mol. The quantitative estimate of drug-likeness (QED) is 0.741. The van der Waals surface area contributed by atoms with Crippen molar-refractivity contribution in [2.75, 3.05) is 34.0 Å². The highest BCUT2D eigenvalue weighted by Gasteiger charge is 2.07. The van der Waals surface area contributed by atoms with Crippen LogP contribution in [0.1, 0.15) is 13.3 Å². The fourth-order valence-corrected chi connectivity index (χ4v) is 1.68. The molecule has 0 heterocycles. The minimum absolute atomic E-state index is 0.0394. The van der Waals surface area contributed by atoms with E-state index in [0.29, 0.717) is 37.0 Å². The van der Waals surface area contributed by atoms with Crippen LogP contribution in [0.25, 0.3) is 0 Å². The number of rotatable bonds is 9. The van der Waals surface area contributed by atoms with E-state index in [1.165, 1.54) is 0 Å². The van der Waals surface area contributed by atoms with Crippen LogP contribution in [0.3, 0.4) is 0 Å². The number of benzene rings is 1. The number of hydrogen-bond donors (Lipinski definition) is 1. The maximum atomic E-state index is 5.67. The SMILES string of the molecule is CCOC(CN)CCOc1cc(OC)cc(OC)c1. The Kier molecular flexibility index (Phi) is 7.07. The summed E-state index contributed by atoms with van der Waals surface area (Å²) in [7, 11) is 3.22. The van der Waals surface area contributed by atoms with Gasteiger partial charge >= 0.3 is 0 Å². The summed E-state index contributed by atoms with van der Waals surface area (Å²) < 4.78 is 21.5. The molecule has 1 aromatic carbocycles. The molecular weight excluding hydrogens is 246 g/mol. The van der Waals surface area contributed by atoms with Crippen molar-refractivity contribution in [1.82, 2.24) is 0 Å². The van der Waals surface area contributed by atoms with Gasteiger partial charge in [-0.15, -0.1) is 0 Å². The normalized spacial score (nSPS) is 12.0. The van der Waals surface area contributed by atoms with E-state index in [4.69, 9.17) is 24.7 Å². The molecule has 0 saturated heterocycles. The van der Waals surface area contributed by atoms with Crippen LogP contribution >= 0.6 is 0 Å². The molecule has 0 bridgehead atoms. The molecule has 1 aromatic rings. The zero-order valence-corrected chi connectivity index (χ0v) is 11.8. The molecular formula is C14H23NO4. The molecule has 0 aliphatic rings. The minimum Gasteiger partial charge on any atom is -0.496 e. The van der Waals surface area contributed by atoms with Crippen molar-refractivity contribution in [1.29, 1.82) is 0 Å². The van der Waals surface area contributed by atoms with Crippen molar-refractivity contribution in [2.24, 2.45) is 5.73 Å². The van der Waals surface area contributed by atoms with E-state index in [-0.39, 0.29) is 6.10 Å². The van der Waals surface area contributed by atoms with Crippen LogP contribution < -0.4 is 19.9 Å². The van der Waals surface area contributed by atoms with E-state index in [0.717, 1.165) is 6.42 Å². The van der Waals surface area contributed by atoms with Crippen molar-refractivity contribution in [3.05, 3.63) is 18.2 Å². The summed E-state index contributed by atoms with van der Waals surface area (Å²) in [5.74, 6) is 2.12. The highest BCUT2D eigenvalue weighted by atomic mass is 16.5. The number of hydrogen-bond acceptors (Lipinski definition) is 5. The molecule has 0 amide bonds. The first-order chi connectivity index (χ1) is 9.23. The summed E-state index contributed by atoms with van der Waals surface area (Å²) in [4.78, 5) is 0. The Bertz CT molecular complexity index is 348. The van der Waals surface area contributed by atoms with Gasteiger partial charge in [-0.3, -0.25) is 0 Å². The van der Waals surface area contributed by atoms with Crippen molar-refractivity contribution < 1.29 is 18.9 Å². The summed E-state index contributed by atoms with van der Waals surface area (Å²) in [5.41, 5.74) is 5.61. The van der Waals surface area contributed by atoms with Gasteiger partial charge in [0.25, 0.3) is 0 Å². The first-order valence-electron chi connectivity index (χ1n) is 6.41. The highest BCUT2D eigenvalue weighted by molar-refractivity contribution is 5.41. The van der Waals surface area contributed by atoms with E-state index in [1.807, 2.05) is 19.1 Å². The van der Waals surface area contributed by atoms with Crippen molar-refractivity contribution in [2.45, 2.75) is 19.4 Å². The highest BCUT2D eigenvalue weighted by Crippen LogP contribution is 2.27. The van der Waals surface area contributed by atoms with E-state index >= 15 is 0 Å². The summed E-state index contributed by atoms with van der Waals surface area (Å²) >= 11 is 0. The number of methoxy groups -OCH3 is 2. The molecule has 5 heteroatoms. The number of nitrogens with two attached hydrogens (primary N) is 1. The molecule has 2 N–H and O–H groups in total. The van der Waals surface area contributed by atoms with E-state index in [1.54, 1.807) is 20.3 Å². The first-order valence-corrected chi connectivity index (χ1v) is 6.41. The van der Waals surface area contributed by atoms with E-state index in [9.17, 15) is 0 Å². The van der Waals surface area contributed by atoms with Gasteiger partial charge in [-0.2, -0.15) is 0 Å². The Hall–Kier alpha value is -1.46. The van der Waals surface area contributed by atoms with E-state index in [2.05, 4.69) is 0 Å². The maximum Gasteiger partial charge on any atom is 0.126 e. The first kappa shape index (κ1) is 15.6. The lowest BCUT2D eigenvalue weighted by Crippen LogP contribution is -2.25. The van der Waals surface area contributed by atoms with Gasteiger partial charge in [0, 0.05) is 37.8 Å². The van der Waals surface area contributed by atoms with E-state index < -0.39 is 0 Å². The van der Waals surface area contributed by atoms with Gasteiger partial charge in [0.05, 0.1) is 26.9 Å². The molecule has 0 aliphatic carbocycles. The number of ether oxygens (including phenoxy) is 4. The zero-order chi connectivity index (χ0) is 14.1. The lowest BCUT2D eigenvalue weighted by atomic mass is 10.2. The van der Waals surface area contributed by atoms with Crippen LogP contribution in [0, 0.1) is 0 Å². The Labute approximate surface area is 114 Å². The summed E-state index contributed by atoms with van der Waals surface area (Å²) in [6.45, 7) is 3.65. The fraction of sp³-hybridized carbons (Fsp3) is 0.571. The van der Waals surface area contributed by atoms with Crippen molar-refractivity contribution >= 4 is 0 Å². The summed E-state index contributed by atoms with van der Waals surface area (Å²) in [6.07, 6.45) is 0.793. The Balaban J connectivity index is 2.52. The molecule has 1 rings (SSSR count). The van der Waals surface area contributed by atoms with Crippen molar-refractivity contribution in [3.63, 3.8) is 0 Å². The molecule has 1 atom stereocenters. The van der Waals surface area contributed by atoms with Crippen molar-refractivity contribution in [3.8, 4) is 17.2 Å². The second-order valence-electron chi connectivity index (χ2n) is 4.00. The predicted octanol–water partition coefficient (Wildman–Crippen LogP) is 1.84. The second-order valence-corrected chi connectivity index (χ2v) is 4.00. The molecule has 0 fully saturated rings. The zero-order valence-electron chi connectivity index (χ0n) is 11.8. The molecule has 19 heavy (non-hydrogen) atoms. The minimum atomic E-state index is 0.0394. The summed E-state index contributed by atoms with van der Waals surface area (Å²) in [5, 5.41) is 0. The van der Waals surface area contributed by atoms with Gasteiger partial charge < -0.3 is 24.7 Å². The van der Waals surface area contributed by atoms with Gasteiger partial charge in [0.15, 0.2) is 0 Å².